The van der Waals surface area contributed by atoms with E-state index in [2.05, 4.69) is 22.0 Å². The Labute approximate surface area is 131 Å². The van der Waals surface area contributed by atoms with Gasteiger partial charge in [0.25, 0.3) is 0 Å². The van der Waals surface area contributed by atoms with E-state index in [1.807, 2.05) is 0 Å². The Kier molecular flexibility index (Phi) is 5.96. The molecule has 1 N–H and O–H groups in total. The first-order chi connectivity index (χ1) is 10.3. The lowest BCUT2D eigenvalue weighted by atomic mass is 9.85. The van der Waals surface area contributed by atoms with Gasteiger partial charge in [0.2, 0.25) is 0 Å². The van der Waals surface area contributed by atoms with Crippen molar-refractivity contribution in [3.63, 3.8) is 0 Å². The number of nitrogens with zero attached hydrogens (tertiary/aromatic N) is 2. The lowest BCUT2D eigenvalue weighted by molar-refractivity contribution is 0.0663. The molecule has 2 atom stereocenters. The summed E-state index contributed by atoms with van der Waals surface area (Å²) in [5.74, 6) is 0.876. The van der Waals surface area contributed by atoms with E-state index in [0.29, 0.717) is 6.04 Å². The lowest BCUT2D eigenvalue weighted by Gasteiger charge is -2.44. The van der Waals surface area contributed by atoms with E-state index in [9.17, 15) is 0 Å². The van der Waals surface area contributed by atoms with Crippen LogP contribution < -0.4 is 5.32 Å². The van der Waals surface area contributed by atoms with Gasteiger partial charge in [-0.3, -0.25) is 0 Å². The van der Waals surface area contributed by atoms with Crippen molar-refractivity contribution in [3.05, 3.63) is 0 Å². The van der Waals surface area contributed by atoms with Gasteiger partial charge in [0.05, 0.1) is 0 Å². The topological polar surface area (TPSA) is 18.5 Å². The maximum atomic E-state index is 3.83. The molecule has 3 nitrogen and oxygen atoms in total. The summed E-state index contributed by atoms with van der Waals surface area (Å²) >= 11 is 0. The molecule has 0 bridgehead atoms. The fourth-order valence-electron chi connectivity index (χ4n) is 4.33. The fraction of sp³-hybridized carbons (Fsp3) is 1.00. The van der Waals surface area contributed by atoms with Crippen LogP contribution in [-0.4, -0.2) is 61.2 Å². The molecule has 0 aromatic heterocycles. The van der Waals surface area contributed by atoms with Gasteiger partial charge in [-0.05, 0) is 71.0 Å². The van der Waals surface area contributed by atoms with E-state index in [-0.39, 0.29) is 0 Å². The Balaban J connectivity index is 1.34. The van der Waals surface area contributed by atoms with Crippen molar-refractivity contribution in [2.24, 2.45) is 5.92 Å². The molecule has 0 spiro atoms. The molecule has 3 rings (SSSR count). The van der Waals surface area contributed by atoms with Crippen molar-refractivity contribution in [2.75, 3.05) is 39.3 Å². The van der Waals surface area contributed by atoms with E-state index in [1.165, 1.54) is 90.6 Å². The van der Waals surface area contributed by atoms with Crippen molar-refractivity contribution >= 4 is 0 Å². The molecular formula is C18H35N3. The zero-order valence-electron chi connectivity index (χ0n) is 14.0. The second-order valence-electron chi connectivity index (χ2n) is 7.63. The van der Waals surface area contributed by atoms with Crippen molar-refractivity contribution < 1.29 is 0 Å². The number of nitrogens with one attached hydrogen (secondary N) is 1. The van der Waals surface area contributed by atoms with E-state index in [0.717, 1.165) is 12.0 Å². The number of rotatable bonds is 6. The average molecular weight is 293 g/mol. The van der Waals surface area contributed by atoms with E-state index < -0.39 is 0 Å². The maximum Gasteiger partial charge on any atom is 0.0107 e. The largest absolute Gasteiger partial charge is 0.313 e. The number of likely N-dealkylation sites (tertiary alicyclic amines) is 2. The molecule has 1 aliphatic carbocycles. The molecule has 1 saturated carbocycles. The molecule has 0 amide bonds. The molecule has 2 saturated heterocycles. The minimum absolute atomic E-state index is 0.692. The van der Waals surface area contributed by atoms with Crippen LogP contribution in [0.25, 0.3) is 0 Å². The first-order valence-electron chi connectivity index (χ1n) is 9.53. The highest BCUT2D eigenvalue weighted by molar-refractivity contribution is 4.87. The lowest BCUT2D eigenvalue weighted by Crippen LogP contribution is -2.50. The van der Waals surface area contributed by atoms with Gasteiger partial charge in [-0.15, -0.1) is 0 Å². The highest BCUT2D eigenvalue weighted by Crippen LogP contribution is 2.30. The molecule has 2 heterocycles. The summed E-state index contributed by atoms with van der Waals surface area (Å²) in [5.41, 5.74) is 0. The molecule has 3 fully saturated rings. The van der Waals surface area contributed by atoms with Gasteiger partial charge in [0, 0.05) is 31.7 Å². The first-order valence-corrected chi connectivity index (χ1v) is 9.53. The van der Waals surface area contributed by atoms with E-state index in [4.69, 9.17) is 0 Å². The number of piperidine rings is 2. The highest BCUT2D eigenvalue weighted by Gasteiger charge is 2.31. The quantitative estimate of drug-likeness (QED) is 0.812. The van der Waals surface area contributed by atoms with Gasteiger partial charge < -0.3 is 15.1 Å². The van der Waals surface area contributed by atoms with Crippen LogP contribution in [0.4, 0.5) is 0 Å². The van der Waals surface area contributed by atoms with Crippen LogP contribution in [0.5, 0.6) is 0 Å². The van der Waals surface area contributed by atoms with Crippen LogP contribution in [0.1, 0.15) is 58.3 Å². The standard InChI is InChI=1S/C18H35N3/c1-16(19-10-14-20-11-3-2-4-12-20)17-7-6-13-21(15-17)18-8-5-9-18/h16-19H,2-15H2,1H3/t16-,17-/m1/s1. The Morgan fingerprint density at radius 3 is 2.48 bits per heavy atom. The third-order valence-corrected chi connectivity index (χ3v) is 6.13. The van der Waals surface area contributed by atoms with Crippen LogP contribution in [0, 0.1) is 5.92 Å². The zero-order valence-corrected chi connectivity index (χ0v) is 14.0. The van der Waals surface area contributed by atoms with Crippen LogP contribution >= 0.6 is 0 Å². The Morgan fingerprint density at radius 1 is 0.952 bits per heavy atom. The van der Waals surface area contributed by atoms with Crippen LogP contribution in [0.15, 0.2) is 0 Å². The molecule has 0 aromatic carbocycles. The Morgan fingerprint density at radius 2 is 1.76 bits per heavy atom. The van der Waals surface area contributed by atoms with Gasteiger partial charge in [0.1, 0.15) is 0 Å². The van der Waals surface area contributed by atoms with E-state index >= 15 is 0 Å². The van der Waals surface area contributed by atoms with Gasteiger partial charge in [-0.25, -0.2) is 0 Å². The summed E-state index contributed by atoms with van der Waals surface area (Å²) in [6, 6.07) is 1.63. The monoisotopic (exact) mass is 293 g/mol. The summed E-state index contributed by atoms with van der Waals surface area (Å²) in [4.78, 5) is 5.44. The van der Waals surface area contributed by atoms with Crippen LogP contribution in [0.3, 0.4) is 0 Å². The SMILES string of the molecule is C[C@@H](NCCN1CCCCC1)[C@@H]1CCCN(C2CCC2)C1. The second-order valence-corrected chi connectivity index (χ2v) is 7.63. The van der Waals surface area contributed by atoms with Crippen LogP contribution in [0.2, 0.25) is 0 Å². The van der Waals surface area contributed by atoms with E-state index in [1.54, 1.807) is 0 Å². The van der Waals surface area contributed by atoms with Gasteiger partial charge in [-0.2, -0.15) is 0 Å². The summed E-state index contributed by atoms with van der Waals surface area (Å²) in [6.07, 6.45) is 11.5. The molecule has 2 aliphatic heterocycles. The maximum absolute atomic E-state index is 3.83. The minimum atomic E-state index is 0.692. The number of hydrogen-bond donors (Lipinski definition) is 1. The van der Waals surface area contributed by atoms with Crippen molar-refractivity contribution in [1.82, 2.24) is 15.1 Å². The molecular weight excluding hydrogens is 258 g/mol. The predicted molar refractivity (Wildman–Crippen MR) is 89.7 cm³/mol. The van der Waals surface area contributed by atoms with Gasteiger partial charge in [-0.1, -0.05) is 12.8 Å². The Hall–Kier alpha value is -0.120. The van der Waals surface area contributed by atoms with Gasteiger partial charge in [0.15, 0.2) is 0 Å². The third kappa shape index (κ3) is 4.43. The summed E-state index contributed by atoms with van der Waals surface area (Å²) < 4.78 is 0. The van der Waals surface area contributed by atoms with Crippen molar-refractivity contribution in [2.45, 2.75) is 70.4 Å². The molecule has 21 heavy (non-hydrogen) atoms. The fourth-order valence-corrected chi connectivity index (χ4v) is 4.33. The molecule has 0 radical (unpaired) electrons. The summed E-state index contributed by atoms with van der Waals surface area (Å²) in [5, 5.41) is 3.83. The third-order valence-electron chi connectivity index (χ3n) is 6.13. The second kappa shape index (κ2) is 7.94. The average Bonchev–Trinajstić information content (AvgIpc) is 2.47. The summed E-state index contributed by atoms with van der Waals surface area (Å²) in [7, 11) is 0. The molecule has 0 unspecified atom stereocenters. The molecule has 122 valence electrons. The number of hydrogen-bond acceptors (Lipinski definition) is 3. The van der Waals surface area contributed by atoms with Crippen molar-refractivity contribution in [3.8, 4) is 0 Å². The molecule has 3 heteroatoms. The van der Waals surface area contributed by atoms with Crippen LogP contribution in [-0.2, 0) is 0 Å². The smallest absolute Gasteiger partial charge is 0.0107 e. The molecule has 3 aliphatic rings. The predicted octanol–water partition coefficient (Wildman–Crippen LogP) is 2.71. The zero-order chi connectivity index (χ0) is 14.5. The summed E-state index contributed by atoms with van der Waals surface area (Å²) in [6.45, 7) is 10.2. The first kappa shape index (κ1) is 15.8. The Bertz CT molecular complexity index is 297. The normalized spacial score (nSPS) is 31.0. The molecule has 0 aromatic rings. The van der Waals surface area contributed by atoms with Gasteiger partial charge >= 0.3 is 0 Å². The van der Waals surface area contributed by atoms with Crippen molar-refractivity contribution in [1.29, 1.82) is 0 Å². The highest BCUT2D eigenvalue weighted by atomic mass is 15.2. The minimum Gasteiger partial charge on any atom is -0.313 e.